The van der Waals surface area contributed by atoms with Crippen LogP contribution in [-0.4, -0.2) is 29.5 Å². The maximum absolute atomic E-state index is 11.7. The van der Waals surface area contributed by atoms with Crippen LogP contribution in [0.4, 0.5) is 5.69 Å². The smallest absolute Gasteiger partial charge is 0.225 e. The molecule has 0 aliphatic carbocycles. The van der Waals surface area contributed by atoms with Gasteiger partial charge in [0.25, 0.3) is 0 Å². The van der Waals surface area contributed by atoms with E-state index in [9.17, 15) is 4.79 Å². The Balaban J connectivity index is 0.00000220. The maximum Gasteiger partial charge on any atom is 0.225 e. The second-order valence-corrected chi connectivity index (χ2v) is 4.47. The van der Waals surface area contributed by atoms with Gasteiger partial charge in [-0.2, -0.15) is 0 Å². The molecular formula is C15H19ClN4O. The molecule has 2 N–H and O–H groups in total. The lowest BCUT2D eigenvalue weighted by Crippen LogP contribution is -2.18. The molecule has 6 heteroatoms. The first-order valence-electron chi connectivity index (χ1n) is 6.53. The van der Waals surface area contributed by atoms with Gasteiger partial charge in [0.1, 0.15) is 5.82 Å². The van der Waals surface area contributed by atoms with Crippen molar-refractivity contribution in [2.45, 2.75) is 13.3 Å². The number of hydrogen-bond donors (Lipinski definition) is 2. The number of hydrogen-bond acceptors (Lipinski definition) is 4. The molecule has 0 spiro atoms. The Hall–Kier alpha value is -1.98. The first-order chi connectivity index (χ1) is 9.69. The number of aromatic nitrogens is 2. The minimum absolute atomic E-state index is 0. The molecule has 0 aliphatic heterocycles. The van der Waals surface area contributed by atoms with E-state index in [1.807, 2.05) is 44.3 Å². The fourth-order valence-electron chi connectivity index (χ4n) is 1.84. The number of halogens is 1. The number of nitrogens with zero attached hydrogens (tertiary/aromatic N) is 2. The lowest BCUT2D eigenvalue weighted by Gasteiger charge is -2.07. The number of aryl methyl sites for hydroxylation is 1. The number of nitrogens with one attached hydrogen (secondary N) is 2. The third-order valence-electron chi connectivity index (χ3n) is 2.82. The van der Waals surface area contributed by atoms with Crippen molar-refractivity contribution in [2.75, 3.05) is 18.9 Å². The summed E-state index contributed by atoms with van der Waals surface area (Å²) in [6, 6.07) is 9.51. The Morgan fingerprint density at radius 1 is 1.29 bits per heavy atom. The van der Waals surface area contributed by atoms with Crippen LogP contribution in [0.1, 0.15) is 12.2 Å². The fraction of sp³-hybridized carbons (Fsp3) is 0.267. The van der Waals surface area contributed by atoms with Gasteiger partial charge in [0.2, 0.25) is 5.91 Å². The summed E-state index contributed by atoms with van der Waals surface area (Å²) in [5, 5.41) is 5.83. The molecule has 112 valence electrons. The highest BCUT2D eigenvalue weighted by Crippen LogP contribution is 2.20. The molecule has 2 rings (SSSR count). The Morgan fingerprint density at radius 3 is 2.81 bits per heavy atom. The molecule has 0 radical (unpaired) electrons. The predicted octanol–water partition coefficient (Wildman–Crippen LogP) is 2.42. The van der Waals surface area contributed by atoms with Gasteiger partial charge in [-0.05, 0) is 32.2 Å². The number of carbonyl (C=O) groups is 1. The molecule has 0 fully saturated rings. The Labute approximate surface area is 130 Å². The molecule has 0 unspecified atom stereocenters. The van der Waals surface area contributed by atoms with Gasteiger partial charge in [0.05, 0.1) is 5.69 Å². The van der Waals surface area contributed by atoms with E-state index in [1.165, 1.54) is 0 Å². The van der Waals surface area contributed by atoms with E-state index < -0.39 is 0 Å². The second kappa shape index (κ2) is 8.34. The van der Waals surface area contributed by atoms with Gasteiger partial charge >= 0.3 is 0 Å². The average Bonchev–Trinajstić information content (AvgIpc) is 2.45. The summed E-state index contributed by atoms with van der Waals surface area (Å²) in [4.78, 5) is 20.2. The van der Waals surface area contributed by atoms with E-state index in [4.69, 9.17) is 0 Å². The third kappa shape index (κ3) is 5.13. The summed E-state index contributed by atoms with van der Waals surface area (Å²) in [6.45, 7) is 2.52. The molecule has 1 heterocycles. The highest BCUT2D eigenvalue weighted by Gasteiger charge is 2.04. The highest BCUT2D eigenvalue weighted by molar-refractivity contribution is 5.91. The van der Waals surface area contributed by atoms with Crippen LogP contribution in [-0.2, 0) is 4.79 Å². The summed E-state index contributed by atoms with van der Waals surface area (Å²) in [5.74, 6) is 0.723. The number of rotatable bonds is 5. The van der Waals surface area contributed by atoms with E-state index in [0.717, 1.165) is 22.8 Å². The molecule has 0 aliphatic rings. The van der Waals surface area contributed by atoms with Crippen LogP contribution in [0.3, 0.4) is 0 Å². The molecule has 5 nitrogen and oxygen atoms in total. The Kier molecular flexibility index (Phi) is 6.78. The maximum atomic E-state index is 11.7. The number of benzene rings is 1. The van der Waals surface area contributed by atoms with Crippen molar-refractivity contribution in [1.82, 2.24) is 15.3 Å². The van der Waals surface area contributed by atoms with Crippen LogP contribution in [0, 0.1) is 6.92 Å². The quantitative estimate of drug-likeness (QED) is 0.890. The molecule has 1 aromatic carbocycles. The van der Waals surface area contributed by atoms with Crippen LogP contribution in [0.5, 0.6) is 0 Å². The molecule has 0 saturated carbocycles. The molecule has 0 saturated heterocycles. The summed E-state index contributed by atoms with van der Waals surface area (Å²) in [7, 11) is 1.82. The van der Waals surface area contributed by atoms with Crippen LogP contribution in [0.2, 0.25) is 0 Å². The second-order valence-electron chi connectivity index (χ2n) is 4.47. The SMILES string of the molecule is CNCCC(=O)Nc1cccc(-c2ccnc(C)n2)c1.Cl. The van der Waals surface area contributed by atoms with Gasteiger partial charge < -0.3 is 10.6 Å². The van der Waals surface area contributed by atoms with Gasteiger partial charge in [-0.1, -0.05) is 12.1 Å². The average molecular weight is 307 g/mol. The van der Waals surface area contributed by atoms with Crippen molar-refractivity contribution in [1.29, 1.82) is 0 Å². The van der Waals surface area contributed by atoms with E-state index in [1.54, 1.807) is 6.20 Å². The zero-order chi connectivity index (χ0) is 14.4. The van der Waals surface area contributed by atoms with Crippen LogP contribution >= 0.6 is 12.4 Å². The van der Waals surface area contributed by atoms with Crippen LogP contribution in [0.25, 0.3) is 11.3 Å². The summed E-state index contributed by atoms with van der Waals surface area (Å²) >= 11 is 0. The van der Waals surface area contributed by atoms with E-state index >= 15 is 0 Å². The van der Waals surface area contributed by atoms with E-state index in [2.05, 4.69) is 20.6 Å². The normalized spacial score (nSPS) is 9.81. The lowest BCUT2D eigenvalue weighted by molar-refractivity contribution is -0.116. The molecule has 0 atom stereocenters. The van der Waals surface area contributed by atoms with Gasteiger partial charge in [-0.25, -0.2) is 9.97 Å². The van der Waals surface area contributed by atoms with Crippen molar-refractivity contribution in [3.05, 3.63) is 42.4 Å². The number of anilines is 1. The zero-order valence-electron chi connectivity index (χ0n) is 12.1. The first-order valence-corrected chi connectivity index (χ1v) is 6.53. The number of amides is 1. The summed E-state index contributed by atoms with van der Waals surface area (Å²) in [6.07, 6.45) is 2.18. The molecule has 1 aromatic heterocycles. The zero-order valence-corrected chi connectivity index (χ0v) is 12.9. The van der Waals surface area contributed by atoms with Crippen LogP contribution in [0.15, 0.2) is 36.5 Å². The lowest BCUT2D eigenvalue weighted by atomic mass is 10.1. The summed E-state index contributed by atoms with van der Waals surface area (Å²) < 4.78 is 0. The standard InChI is InChI=1S/C15H18N4O.ClH/c1-11-17-9-6-14(18-11)12-4-3-5-13(10-12)19-15(20)7-8-16-2;/h3-6,9-10,16H,7-8H2,1-2H3,(H,19,20);1H. The van der Waals surface area contributed by atoms with Gasteiger partial charge in [0.15, 0.2) is 0 Å². The van der Waals surface area contributed by atoms with Crippen molar-refractivity contribution < 1.29 is 4.79 Å². The van der Waals surface area contributed by atoms with Crippen molar-refractivity contribution in [3.8, 4) is 11.3 Å². The predicted molar refractivity (Wildman–Crippen MR) is 86.6 cm³/mol. The minimum Gasteiger partial charge on any atom is -0.326 e. The molecular weight excluding hydrogens is 288 g/mol. The van der Waals surface area contributed by atoms with E-state index in [-0.39, 0.29) is 18.3 Å². The van der Waals surface area contributed by atoms with Crippen molar-refractivity contribution in [3.63, 3.8) is 0 Å². The highest BCUT2D eigenvalue weighted by atomic mass is 35.5. The largest absolute Gasteiger partial charge is 0.326 e. The monoisotopic (exact) mass is 306 g/mol. The van der Waals surface area contributed by atoms with Crippen molar-refractivity contribution in [2.24, 2.45) is 0 Å². The third-order valence-corrected chi connectivity index (χ3v) is 2.82. The molecule has 1 amide bonds. The van der Waals surface area contributed by atoms with E-state index in [0.29, 0.717) is 13.0 Å². The summed E-state index contributed by atoms with van der Waals surface area (Å²) in [5.41, 5.74) is 2.59. The van der Waals surface area contributed by atoms with Gasteiger partial charge in [-0.15, -0.1) is 12.4 Å². The van der Waals surface area contributed by atoms with Gasteiger partial charge in [0, 0.05) is 30.4 Å². The minimum atomic E-state index is -0.00429. The van der Waals surface area contributed by atoms with Gasteiger partial charge in [-0.3, -0.25) is 4.79 Å². The molecule has 21 heavy (non-hydrogen) atoms. The number of carbonyl (C=O) groups excluding carboxylic acids is 1. The Morgan fingerprint density at radius 2 is 2.10 bits per heavy atom. The first kappa shape index (κ1) is 17.1. The van der Waals surface area contributed by atoms with Crippen LogP contribution < -0.4 is 10.6 Å². The molecule has 0 bridgehead atoms. The van der Waals surface area contributed by atoms with Crippen molar-refractivity contribution >= 4 is 24.0 Å². The fourth-order valence-corrected chi connectivity index (χ4v) is 1.84. The topological polar surface area (TPSA) is 66.9 Å². The molecule has 2 aromatic rings. The Bertz CT molecular complexity index is 604.